The molecule has 0 fully saturated rings. The van der Waals surface area contributed by atoms with Crippen LogP contribution in [0.25, 0.3) is 0 Å². The SMILES string of the molecule is CCC(CC)(CC(=O)O)NC(=O)c1ccc(OC)cc1C. The average molecular weight is 293 g/mol. The third kappa shape index (κ3) is 4.21. The summed E-state index contributed by atoms with van der Waals surface area (Å²) in [7, 11) is 1.57. The number of aryl methyl sites for hydroxylation is 1. The highest BCUT2D eigenvalue weighted by molar-refractivity contribution is 5.96. The van der Waals surface area contributed by atoms with E-state index < -0.39 is 11.5 Å². The smallest absolute Gasteiger partial charge is 0.305 e. The first kappa shape index (κ1) is 17.0. The molecular formula is C16H23NO4. The van der Waals surface area contributed by atoms with Crippen LogP contribution in [0.15, 0.2) is 18.2 Å². The lowest BCUT2D eigenvalue weighted by atomic mass is 9.88. The molecule has 0 radical (unpaired) electrons. The van der Waals surface area contributed by atoms with Crippen LogP contribution in [-0.2, 0) is 4.79 Å². The Hall–Kier alpha value is -2.04. The zero-order chi connectivity index (χ0) is 16.0. The van der Waals surface area contributed by atoms with E-state index in [1.54, 1.807) is 25.3 Å². The van der Waals surface area contributed by atoms with Gasteiger partial charge in [-0.3, -0.25) is 9.59 Å². The van der Waals surface area contributed by atoms with E-state index >= 15 is 0 Å². The molecule has 1 aromatic rings. The maximum Gasteiger partial charge on any atom is 0.305 e. The Labute approximate surface area is 125 Å². The number of hydrogen-bond donors (Lipinski definition) is 2. The van der Waals surface area contributed by atoms with Gasteiger partial charge in [-0.25, -0.2) is 0 Å². The van der Waals surface area contributed by atoms with Crippen LogP contribution >= 0.6 is 0 Å². The number of carbonyl (C=O) groups excluding carboxylic acids is 1. The van der Waals surface area contributed by atoms with Gasteiger partial charge >= 0.3 is 5.97 Å². The second kappa shape index (κ2) is 7.11. The van der Waals surface area contributed by atoms with Gasteiger partial charge in [0.05, 0.1) is 19.1 Å². The number of amides is 1. The van der Waals surface area contributed by atoms with Gasteiger partial charge in [-0.15, -0.1) is 0 Å². The molecule has 0 aliphatic rings. The zero-order valence-corrected chi connectivity index (χ0v) is 13.0. The summed E-state index contributed by atoms with van der Waals surface area (Å²) in [5.74, 6) is -0.475. The number of hydrogen-bond acceptors (Lipinski definition) is 3. The Kier molecular flexibility index (Phi) is 5.76. The number of aliphatic carboxylic acids is 1. The van der Waals surface area contributed by atoms with Crippen LogP contribution < -0.4 is 10.1 Å². The van der Waals surface area contributed by atoms with Crippen molar-refractivity contribution in [3.8, 4) is 5.75 Å². The van der Waals surface area contributed by atoms with Crippen LogP contribution in [-0.4, -0.2) is 29.6 Å². The van der Waals surface area contributed by atoms with E-state index in [-0.39, 0.29) is 12.3 Å². The molecule has 1 aromatic carbocycles. The first-order valence-corrected chi connectivity index (χ1v) is 7.06. The van der Waals surface area contributed by atoms with E-state index in [1.165, 1.54) is 0 Å². The van der Waals surface area contributed by atoms with Gasteiger partial charge in [-0.1, -0.05) is 13.8 Å². The van der Waals surface area contributed by atoms with E-state index in [9.17, 15) is 9.59 Å². The van der Waals surface area contributed by atoms with Crippen molar-refractivity contribution < 1.29 is 19.4 Å². The third-order valence-electron chi connectivity index (χ3n) is 3.90. The van der Waals surface area contributed by atoms with Gasteiger partial charge in [-0.05, 0) is 43.5 Å². The second-order valence-corrected chi connectivity index (χ2v) is 5.19. The van der Waals surface area contributed by atoms with Gasteiger partial charge in [0, 0.05) is 5.56 Å². The lowest BCUT2D eigenvalue weighted by Crippen LogP contribution is -2.49. The molecule has 0 aromatic heterocycles. The fraction of sp³-hybridized carbons (Fsp3) is 0.500. The van der Waals surface area contributed by atoms with Crippen molar-refractivity contribution in [1.82, 2.24) is 5.32 Å². The lowest BCUT2D eigenvalue weighted by molar-refractivity contribution is -0.138. The monoisotopic (exact) mass is 293 g/mol. The van der Waals surface area contributed by atoms with Gasteiger partial charge in [-0.2, -0.15) is 0 Å². The molecule has 0 spiro atoms. The summed E-state index contributed by atoms with van der Waals surface area (Å²) in [4.78, 5) is 23.5. The predicted molar refractivity (Wildman–Crippen MR) is 80.8 cm³/mol. The van der Waals surface area contributed by atoms with Crippen molar-refractivity contribution in [3.63, 3.8) is 0 Å². The van der Waals surface area contributed by atoms with Crippen molar-refractivity contribution >= 4 is 11.9 Å². The summed E-state index contributed by atoms with van der Waals surface area (Å²) in [6, 6.07) is 5.20. The van der Waals surface area contributed by atoms with Crippen LogP contribution in [0.3, 0.4) is 0 Å². The van der Waals surface area contributed by atoms with Crippen molar-refractivity contribution in [2.24, 2.45) is 0 Å². The topological polar surface area (TPSA) is 75.6 Å². The molecule has 0 heterocycles. The van der Waals surface area contributed by atoms with E-state index in [2.05, 4.69) is 5.32 Å². The maximum absolute atomic E-state index is 12.4. The standard InChI is InChI=1S/C16H23NO4/c1-5-16(6-2,10-14(18)19)17-15(20)13-8-7-12(21-4)9-11(13)3/h7-9H,5-6,10H2,1-4H3,(H,17,20)(H,18,19). The largest absolute Gasteiger partial charge is 0.497 e. The minimum absolute atomic E-state index is 0.0824. The number of rotatable bonds is 7. The molecule has 0 saturated heterocycles. The molecular weight excluding hydrogens is 270 g/mol. The summed E-state index contributed by atoms with van der Waals surface area (Å²) in [5.41, 5.74) is 0.616. The zero-order valence-electron chi connectivity index (χ0n) is 13.0. The van der Waals surface area contributed by atoms with Crippen molar-refractivity contribution in [2.45, 2.75) is 45.6 Å². The molecule has 21 heavy (non-hydrogen) atoms. The molecule has 1 amide bonds. The molecule has 116 valence electrons. The second-order valence-electron chi connectivity index (χ2n) is 5.19. The fourth-order valence-corrected chi connectivity index (χ4v) is 2.34. The van der Waals surface area contributed by atoms with Crippen LogP contribution in [0.5, 0.6) is 5.75 Å². The molecule has 0 unspecified atom stereocenters. The van der Waals surface area contributed by atoms with Gasteiger partial charge in [0.2, 0.25) is 0 Å². The summed E-state index contributed by atoms with van der Waals surface area (Å²) < 4.78 is 5.12. The lowest BCUT2D eigenvalue weighted by Gasteiger charge is -2.31. The Balaban J connectivity index is 2.99. The molecule has 5 heteroatoms. The summed E-state index contributed by atoms with van der Waals surface area (Å²) in [5, 5.41) is 11.9. The van der Waals surface area contributed by atoms with E-state index in [0.29, 0.717) is 24.2 Å². The Morgan fingerprint density at radius 1 is 1.29 bits per heavy atom. The number of benzene rings is 1. The van der Waals surface area contributed by atoms with E-state index in [0.717, 1.165) is 5.56 Å². The van der Waals surface area contributed by atoms with Crippen LogP contribution in [0.1, 0.15) is 49.0 Å². The predicted octanol–water partition coefficient (Wildman–Crippen LogP) is 2.77. The molecule has 0 bridgehead atoms. The Bertz CT molecular complexity index is 521. The van der Waals surface area contributed by atoms with Crippen molar-refractivity contribution in [1.29, 1.82) is 0 Å². The van der Waals surface area contributed by atoms with Crippen LogP contribution in [0.2, 0.25) is 0 Å². The van der Waals surface area contributed by atoms with Gasteiger partial charge in [0.15, 0.2) is 0 Å². The minimum atomic E-state index is -0.912. The molecule has 5 nitrogen and oxygen atoms in total. The van der Waals surface area contributed by atoms with Crippen molar-refractivity contribution in [2.75, 3.05) is 7.11 Å². The summed E-state index contributed by atoms with van der Waals surface area (Å²) in [6.07, 6.45) is 1.05. The van der Waals surface area contributed by atoms with E-state index in [1.807, 2.05) is 20.8 Å². The highest BCUT2D eigenvalue weighted by atomic mass is 16.5. The molecule has 0 aliphatic heterocycles. The third-order valence-corrected chi connectivity index (χ3v) is 3.90. The highest BCUT2D eigenvalue weighted by Crippen LogP contribution is 2.22. The van der Waals surface area contributed by atoms with E-state index in [4.69, 9.17) is 9.84 Å². The average Bonchev–Trinajstić information content (AvgIpc) is 2.45. The fourth-order valence-electron chi connectivity index (χ4n) is 2.34. The minimum Gasteiger partial charge on any atom is -0.497 e. The molecule has 0 aliphatic carbocycles. The van der Waals surface area contributed by atoms with Crippen LogP contribution in [0, 0.1) is 6.92 Å². The van der Waals surface area contributed by atoms with Gasteiger partial charge in [0.1, 0.15) is 5.75 Å². The molecule has 1 rings (SSSR count). The number of ether oxygens (including phenoxy) is 1. The first-order valence-electron chi connectivity index (χ1n) is 7.06. The van der Waals surface area contributed by atoms with Gasteiger partial charge in [0.25, 0.3) is 5.91 Å². The van der Waals surface area contributed by atoms with Gasteiger partial charge < -0.3 is 15.2 Å². The Morgan fingerprint density at radius 2 is 1.90 bits per heavy atom. The number of nitrogens with one attached hydrogen (secondary N) is 1. The summed E-state index contributed by atoms with van der Waals surface area (Å²) >= 11 is 0. The number of carboxylic acids is 1. The summed E-state index contributed by atoms with van der Waals surface area (Å²) in [6.45, 7) is 5.59. The highest BCUT2D eigenvalue weighted by Gasteiger charge is 2.31. The normalized spacial score (nSPS) is 11.0. The molecule has 0 atom stereocenters. The van der Waals surface area contributed by atoms with Crippen LogP contribution in [0.4, 0.5) is 0 Å². The quantitative estimate of drug-likeness (QED) is 0.810. The number of carbonyl (C=O) groups is 2. The number of carboxylic acid groups (broad SMARTS) is 1. The van der Waals surface area contributed by atoms with Crippen molar-refractivity contribution in [3.05, 3.63) is 29.3 Å². The molecule has 0 saturated carbocycles. The molecule has 2 N–H and O–H groups in total. The number of methoxy groups -OCH3 is 1. The Morgan fingerprint density at radius 3 is 2.33 bits per heavy atom. The first-order chi connectivity index (χ1) is 9.87. The maximum atomic E-state index is 12.4.